The van der Waals surface area contributed by atoms with Crippen molar-refractivity contribution in [3.63, 3.8) is 0 Å². The van der Waals surface area contributed by atoms with Crippen LogP contribution in [0.25, 0.3) is 0 Å². The number of anilines is 1. The Kier molecular flexibility index (Phi) is 4.34. The maximum absolute atomic E-state index is 13.5. The van der Waals surface area contributed by atoms with E-state index in [9.17, 15) is 19.8 Å². The van der Waals surface area contributed by atoms with Crippen molar-refractivity contribution in [2.45, 2.75) is 18.2 Å². The molecule has 32 heavy (non-hydrogen) atoms. The number of benzene rings is 3. The topological polar surface area (TPSA) is 87.1 Å². The number of hydrogen-bond acceptors (Lipinski definition) is 6. The Morgan fingerprint density at radius 3 is 2.25 bits per heavy atom. The number of methoxy groups -OCH3 is 1. The van der Waals surface area contributed by atoms with Gasteiger partial charge < -0.3 is 19.8 Å². The Morgan fingerprint density at radius 1 is 0.938 bits per heavy atom. The molecule has 2 atom stereocenters. The number of ether oxygens (including phenoxy) is 1. The van der Waals surface area contributed by atoms with Crippen LogP contribution in [0.15, 0.2) is 84.6 Å². The second kappa shape index (κ2) is 6.88. The van der Waals surface area contributed by atoms with E-state index < -0.39 is 22.9 Å². The molecule has 0 bridgehead atoms. The lowest BCUT2D eigenvalue weighted by molar-refractivity contribution is -0.0878. The van der Waals surface area contributed by atoms with Crippen molar-refractivity contribution < 1.29 is 24.5 Å². The molecule has 0 saturated carbocycles. The first-order chi connectivity index (χ1) is 15.3. The van der Waals surface area contributed by atoms with Crippen molar-refractivity contribution in [1.29, 1.82) is 0 Å². The van der Waals surface area contributed by atoms with Crippen molar-refractivity contribution >= 4 is 17.3 Å². The third-order valence-corrected chi connectivity index (χ3v) is 6.29. The molecule has 3 aromatic rings. The fourth-order valence-electron chi connectivity index (χ4n) is 4.55. The van der Waals surface area contributed by atoms with Crippen molar-refractivity contribution in [3.05, 3.63) is 107 Å². The molecule has 5 rings (SSSR count). The van der Waals surface area contributed by atoms with Gasteiger partial charge in [0.05, 0.1) is 12.7 Å². The standard InChI is InChI=1S/C26H21NO5/c1-16-7-11-18(12-8-16)27-15-22(23(28)17-9-13-19(32-2)14-10-17)25(30)24(29)20-5-3-4-6-21(20)26(25,27)31/h3-15,30-31H,1-2H3/t25-,26+/m0/s1. The van der Waals surface area contributed by atoms with E-state index in [1.54, 1.807) is 60.7 Å². The molecule has 2 aliphatic rings. The molecule has 0 radical (unpaired) electrons. The summed E-state index contributed by atoms with van der Waals surface area (Å²) in [6.45, 7) is 1.93. The average Bonchev–Trinajstić information content (AvgIpc) is 3.16. The summed E-state index contributed by atoms with van der Waals surface area (Å²) >= 11 is 0. The van der Waals surface area contributed by atoms with Crippen molar-refractivity contribution in [2.75, 3.05) is 12.0 Å². The Hall–Kier alpha value is -3.74. The summed E-state index contributed by atoms with van der Waals surface area (Å²) in [6, 6.07) is 20.1. The summed E-state index contributed by atoms with van der Waals surface area (Å²) in [5.74, 6) is -0.689. The van der Waals surface area contributed by atoms with Gasteiger partial charge >= 0.3 is 0 Å². The molecule has 6 nitrogen and oxygen atoms in total. The van der Waals surface area contributed by atoms with Crippen LogP contribution in [0.3, 0.4) is 0 Å². The zero-order chi connectivity index (χ0) is 22.7. The highest BCUT2D eigenvalue weighted by Crippen LogP contribution is 2.55. The first-order valence-electron chi connectivity index (χ1n) is 10.2. The normalized spacial score (nSPS) is 23.6. The van der Waals surface area contributed by atoms with Crippen LogP contribution in [0.1, 0.15) is 31.8 Å². The van der Waals surface area contributed by atoms with Crippen LogP contribution in [-0.2, 0) is 5.72 Å². The van der Waals surface area contributed by atoms with Crippen LogP contribution in [0.2, 0.25) is 0 Å². The van der Waals surface area contributed by atoms with Gasteiger partial charge in [-0.25, -0.2) is 0 Å². The van der Waals surface area contributed by atoms with Crippen LogP contribution < -0.4 is 9.64 Å². The molecule has 0 spiro atoms. The van der Waals surface area contributed by atoms with Gasteiger partial charge in [0.25, 0.3) is 0 Å². The summed E-state index contributed by atoms with van der Waals surface area (Å²) in [5, 5.41) is 23.8. The summed E-state index contributed by atoms with van der Waals surface area (Å²) in [6.07, 6.45) is 1.38. The molecule has 0 fully saturated rings. The van der Waals surface area contributed by atoms with Crippen molar-refractivity contribution in [1.82, 2.24) is 0 Å². The zero-order valence-electron chi connectivity index (χ0n) is 17.6. The summed E-state index contributed by atoms with van der Waals surface area (Å²) < 4.78 is 5.15. The Morgan fingerprint density at radius 2 is 1.59 bits per heavy atom. The summed E-state index contributed by atoms with van der Waals surface area (Å²) in [7, 11) is 1.52. The number of nitrogens with zero attached hydrogens (tertiary/aromatic N) is 1. The van der Waals surface area contributed by atoms with E-state index in [1.165, 1.54) is 18.2 Å². The average molecular weight is 427 g/mol. The minimum Gasteiger partial charge on any atom is -0.497 e. The lowest BCUT2D eigenvalue weighted by Crippen LogP contribution is -2.57. The number of hydrogen-bond donors (Lipinski definition) is 2. The van der Waals surface area contributed by atoms with Gasteiger partial charge in [-0.05, 0) is 43.3 Å². The zero-order valence-corrected chi connectivity index (χ0v) is 17.6. The molecule has 0 amide bonds. The van der Waals surface area contributed by atoms with Gasteiger partial charge in [0, 0.05) is 28.6 Å². The second-order valence-electron chi connectivity index (χ2n) is 8.06. The monoisotopic (exact) mass is 427 g/mol. The Bertz CT molecular complexity index is 1280. The highest BCUT2D eigenvalue weighted by atomic mass is 16.5. The lowest BCUT2D eigenvalue weighted by Gasteiger charge is -2.39. The molecule has 0 unspecified atom stereocenters. The first-order valence-corrected chi connectivity index (χ1v) is 10.2. The molecule has 6 heteroatoms. The van der Waals surface area contributed by atoms with Crippen molar-refractivity contribution in [2.24, 2.45) is 0 Å². The van der Waals surface area contributed by atoms with Crippen LogP contribution in [0, 0.1) is 6.92 Å². The molecule has 1 aliphatic carbocycles. The molecule has 1 aliphatic heterocycles. The number of aliphatic hydroxyl groups is 2. The van der Waals surface area contributed by atoms with Crippen molar-refractivity contribution in [3.8, 4) is 5.75 Å². The molecular weight excluding hydrogens is 406 g/mol. The van der Waals surface area contributed by atoms with E-state index in [0.29, 0.717) is 11.4 Å². The second-order valence-corrected chi connectivity index (χ2v) is 8.06. The molecule has 3 aromatic carbocycles. The minimum atomic E-state index is -2.46. The van der Waals surface area contributed by atoms with E-state index in [4.69, 9.17) is 4.74 Å². The fraction of sp³-hybridized carbons (Fsp3) is 0.154. The van der Waals surface area contributed by atoms with Crippen LogP contribution in [0.4, 0.5) is 5.69 Å². The maximum atomic E-state index is 13.5. The van der Waals surface area contributed by atoms with E-state index in [0.717, 1.165) is 5.56 Å². The van der Waals surface area contributed by atoms with E-state index in [-0.39, 0.29) is 22.3 Å². The van der Waals surface area contributed by atoms with Crippen LogP contribution >= 0.6 is 0 Å². The van der Waals surface area contributed by atoms with Gasteiger partial charge in [0.2, 0.25) is 17.1 Å². The van der Waals surface area contributed by atoms with Gasteiger partial charge in [0.15, 0.2) is 5.78 Å². The Balaban J connectivity index is 1.72. The highest BCUT2D eigenvalue weighted by Gasteiger charge is 2.71. The number of ketones is 2. The third kappa shape index (κ3) is 2.48. The first kappa shape index (κ1) is 20.2. The number of rotatable bonds is 4. The number of carbonyl (C=O) groups excluding carboxylic acids is 2. The molecule has 2 N–H and O–H groups in total. The van der Waals surface area contributed by atoms with Crippen LogP contribution in [-0.4, -0.2) is 34.5 Å². The summed E-state index contributed by atoms with van der Waals surface area (Å²) in [5.41, 5.74) is -2.56. The number of aryl methyl sites for hydroxylation is 1. The van der Waals surface area contributed by atoms with Crippen LogP contribution in [0.5, 0.6) is 5.75 Å². The van der Waals surface area contributed by atoms with E-state index in [2.05, 4.69) is 0 Å². The summed E-state index contributed by atoms with van der Waals surface area (Å²) in [4.78, 5) is 28.3. The number of fused-ring (bicyclic) bond motifs is 3. The lowest BCUT2D eigenvalue weighted by atomic mass is 9.82. The largest absolute Gasteiger partial charge is 0.497 e. The number of carbonyl (C=O) groups is 2. The molecule has 1 heterocycles. The van der Waals surface area contributed by atoms with Gasteiger partial charge in [-0.15, -0.1) is 0 Å². The third-order valence-electron chi connectivity index (χ3n) is 6.29. The highest BCUT2D eigenvalue weighted by molar-refractivity contribution is 6.22. The fourth-order valence-corrected chi connectivity index (χ4v) is 4.55. The molecule has 0 aromatic heterocycles. The molecular formula is C26H21NO5. The minimum absolute atomic E-state index is 0.183. The number of Topliss-reactive ketones (excluding diaryl/α,β-unsaturated/α-hetero) is 2. The maximum Gasteiger partial charge on any atom is 0.211 e. The SMILES string of the molecule is COc1ccc(C(=O)C2=CN(c3ccc(C)cc3)[C@@]3(O)c4ccccc4C(=O)[C@@]23O)cc1. The van der Waals surface area contributed by atoms with Gasteiger partial charge in [-0.1, -0.05) is 42.0 Å². The molecule has 160 valence electrons. The predicted octanol–water partition coefficient (Wildman–Crippen LogP) is 3.36. The predicted molar refractivity (Wildman–Crippen MR) is 119 cm³/mol. The van der Waals surface area contributed by atoms with E-state index >= 15 is 0 Å². The van der Waals surface area contributed by atoms with E-state index in [1.807, 2.05) is 19.1 Å². The molecule has 0 saturated heterocycles. The van der Waals surface area contributed by atoms with Gasteiger partial charge in [-0.2, -0.15) is 0 Å². The van der Waals surface area contributed by atoms with Gasteiger partial charge in [0.1, 0.15) is 5.75 Å². The van der Waals surface area contributed by atoms with Gasteiger partial charge in [-0.3, -0.25) is 9.59 Å². The smallest absolute Gasteiger partial charge is 0.211 e. The quantitative estimate of drug-likeness (QED) is 0.621. The Labute approximate surface area is 185 Å².